The van der Waals surface area contributed by atoms with Crippen LogP contribution >= 0.6 is 8.60 Å². The van der Waals surface area contributed by atoms with E-state index in [2.05, 4.69) is 27.7 Å². The second-order valence-electron chi connectivity index (χ2n) is 24.0. The van der Waals surface area contributed by atoms with Gasteiger partial charge in [-0.3, -0.25) is 9.59 Å². The summed E-state index contributed by atoms with van der Waals surface area (Å²) in [5.74, 6) is -1.31. The van der Waals surface area contributed by atoms with E-state index in [0.717, 1.165) is 75.3 Å². The fourth-order valence-corrected chi connectivity index (χ4v) is 11.2. The molecule has 0 bridgehead atoms. The number of aliphatic hydroxyl groups is 4. The van der Waals surface area contributed by atoms with E-state index in [9.17, 15) is 30.0 Å². The van der Waals surface area contributed by atoms with Gasteiger partial charge in [0.05, 0.1) is 25.2 Å². The Labute approximate surface area is 510 Å². The molecule has 11 nitrogen and oxygen atoms in total. The number of carboxylic acids is 2. The zero-order valence-electron chi connectivity index (χ0n) is 54.0. The standard InChI is InChI=1S/C35H56O4.2C18H36O2.H3O3P/c1-3-5-7-9-11-13-15-21-30-23-17-19-25-32(30)35(39,34(27-36,28-37)29-38)33-26-20-18-24-31(33)22-16-14-12-10-8-6-4-2;2*1-2-3-4-5-6-7-8-9-10-11-12-13-14-15-16-17-18(19)20;1-4(2)3/h17-20,23-26,36-39H,3-16,21-22,27-29H2,1-2H3;2*2-17H2,1H3,(H,19,20);1-3H. The van der Waals surface area contributed by atoms with E-state index in [4.69, 9.17) is 24.9 Å². The molecular formula is C71H131O11P. The average molecular weight is 1190 g/mol. The molecule has 9 N–H and O–H groups in total. The summed E-state index contributed by atoms with van der Waals surface area (Å²) >= 11 is 0. The third-order valence-corrected chi connectivity index (χ3v) is 16.6. The first-order valence-electron chi connectivity index (χ1n) is 34.3. The predicted molar refractivity (Wildman–Crippen MR) is 351 cm³/mol. The molecule has 0 saturated heterocycles. The van der Waals surface area contributed by atoms with E-state index in [1.54, 1.807) is 0 Å². The summed E-state index contributed by atoms with van der Waals surface area (Å²) in [6.07, 6.45) is 58.9. The van der Waals surface area contributed by atoms with Crippen LogP contribution in [0, 0.1) is 5.41 Å². The third kappa shape index (κ3) is 46.4. The number of aliphatic carboxylic acids is 2. The average Bonchev–Trinajstić information content (AvgIpc) is 3.67. The van der Waals surface area contributed by atoms with Gasteiger partial charge >= 0.3 is 20.5 Å². The number of hydrogen-bond donors (Lipinski definition) is 9. The summed E-state index contributed by atoms with van der Waals surface area (Å²) in [4.78, 5) is 42.4. The smallest absolute Gasteiger partial charge is 0.324 e. The fourth-order valence-electron chi connectivity index (χ4n) is 11.2. The largest absolute Gasteiger partial charge is 0.481 e. The number of hydrogen-bond acceptors (Lipinski definition) is 9. The summed E-state index contributed by atoms with van der Waals surface area (Å²) in [7, 11) is -2.62. The monoisotopic (exact) mass is 1190 g/mol. The quantitative estimate of drug-likeness (QED) is 0.0224. The van der Waals surface area contributed by atoms with Gasteiger partial charge in [0.25, 0.3) is 0 Å². The molecule has 0 aromatic heterocycles. The van der Waals surface area contributed by atoms with Crippen molar-refractivity contribution in [3.8, 4) is 0 Å². The van der Waals surface area contributed by atoms with Gasteiger partial charge in [-0.15, -0.1) is 0 Å². The van der Waals surface area contributed by atoms with Gasteiger partial charge in [0, 0.05) is 12.8 Å². The van der Waals surface area contributed by atoms with Crippen molar-refractivity contribution in [1.29, 1.82) is 0 Å². The lowest BCUT2D eigenvalue weighted by molar-refractivity contribution is -0.138. The van der Waals surface area contributed by atoms with Crippen LogP contribution in [0.5, 0.6) is 0 Å². The molecule has 2 aromatic carbocycles. The van der Waals surface area contributed by atoms with Crippen molar-refractivity contribution in [2.45, 2.75) is 341 Å². The molecule has 0 spiro atoms. The lowest BCUT2D eigenvalue weighted by atomic mass is 9.63. The van der Waals surface area contributed by atoms with Gasteiger partial charge in [0.1, 0.15) is 5.60 Å². The van der Waals surface area contributed by atoms with Crippen LogP contribution in [0.25, 0.3) is 0 Å². The zero-order chi connectivity index (χ0) is 61.8. The van der Waals surface area contributed by atoms with Crippen molar-refractivity contribution in [3.05, 3.63) is 70.8 Å². The maximum Gasteiger partial charge on any atom is 0.324 e. The van der Waals surface area contributed by atoms with Crippen LogP contribution in [0.1, 0.15) is 345 Å². The van der Waals surface area contributed by atoms with Crippen LogP contribution in [0.3, 0.4) is 0 Å². The fraction of sp³-hybridized carbons (Fsp3) is 0.803. The molecule has 0 heterocycles. The highest BCUT2D eigenvalue weighted by molar-refractivity contribution is 7.38. The molecule has 0 fully saturated rings. The van der Waals surface area contributed by atoms with E-state index >= 15 is 0 Å². The minimum atomic E-state index is -2.62. The van der Waals surface area contributed by atoms with Crippen molar-refractivity contribution in [3.63, 3.8) is 0 Å². The summed E-state index contributed by atoms with van der Waals surface area (Å²) in [6.45, 7) is 7.40. The molecule has 2 aromatic rings. The highest BCUT2D eigenvalue weighted by atomic mass is 31.2. The van der Waals surface area contributed by atoms with Crippen molar-refractivity contribution in [2.75, 3.05) is 19.8 Å². The first-order valence-corrected chi connectivity index (χ1v) is 35.5. The Bertz CT molecular complexity index is 1570. The molecule has 0 atom stereocenters. The Morgan fingerprint density at radius 1 is 0.337 bits per heavy atom. The van der Waals surface area contributed by atoms with Crippen molar-refractivity contribution < 1.29 is 54.9 Å². The molecule has 83 heavy (non-hydrogen) atoms. The Balaban J connectivity index is 0. The Morgan fingerprint density at radius 2 is 0.530 bits per heavy atom. The number of rotatable bonds is 54. The van der Waals surface area contributed by atoms with Gasteiger partial charge in [-0.25, -0.2) is 0 Å². The van der Waals surface area contributed by atoms with E-state index in [0.29, 0.717) is 24.0 Å². The van der Waals surface area contributed by atoms with Crippen LogP contribution in [0.15, 0.2) is 48.5 Å². The number of aliphatic hydroxyl groups excluding tert-OH is 3. The number of aryl methyl sites for hydroxylation is 2. The SMILES string of the molecule is CCCCCCCCCCCCCCCCCC(=O)O.CCCCCCCCCCCCCCCCCC(=O)O.CCCCCCCCCc1ccccc1C(O)(c1ccccc1CCCCCCCCC)C(CO)(CO)CO.OP(O)O. The Kier molecular flexibility index (Phi) is 60.9. The highest BCUT2D eigenvalue weighted by Gasteiger charge is 2.53. The van der Waals surface area contributed by atoms with Crippen LogP contribution in [0.2, 0.25) is 0 Å². The number of unbranched alkanes of at least 4 members (excludes halogenated alkanes) is 40. The molecule has 486 valence electrons. The topological polar surface area (TPSA) is 216 Å². The lowest BCUT2D eigenvalue weighted by Crippen LogP contribution is -2.55. The normalized spacial score (nSPS) is 11.4. The second kappa shape index (κ2) is 61.2. The van der Waals surface area contributed by atoms with E-state index in [-0.39, 0.29) is 0 Å². The van der Waals surface area contributed by atoms with Crippen LogP contribution < -0.4 is 0 Å². The zero-order valence-corrected chi connectivity index (χ0v) is 54.9. The maximum atomic E-state index is 12.7. The first kappa shape index (κ1) is 82.6. The van der Waals surface area contributed by atoms with Gasteiger partial charge in [-0.2, -0.15) is 0 Å². The molecule has 0 aliphatic carbocycles. The predicted octanol–water partition coefficient (Wildman–Crippen LogP) is 19.3. The summed E-state index contributed by atoms with van der Waals surface area (Å²) in [5.41, 5.74) is 0.124. The Hall–Kier alpha value is -2.47. The van der Waals surface area contributed by atoms with Crippen LogP contribution in [0.4, 0.5) is 0 Å². The molecule has 0 amide bonds. The second-order valence-corrected chi connectivity index (χ2v) is 24.5. The van der Waals surface area contributed by atoms with Crippen LogP contribution in [-0.2, 0) is 28.0 Å². The number of benzene rings is 2. The maximum absolute atomic E-state index is 12.7. The minimum Gasteiger partial charge on any atom is -0.481 e. The molecule has 12 heteroatoms. The first-order chi connectivity index (χ1) is 40.3. The third-order valence-electron chi connectivity index (χ3n) is 16.6. The molecule has 0 radical (unpaired) electrons. The summed E-state index contributed by atoms with van der Waals surface area (Å²) in [5, 5.41) is 61.5. The summed E-state index contributed by atoms with van der Waals surface area (Å²) < 4.78 is 0. The van der Waals surface area contributed by atoms with Crippen molar-refractivity contribution in [1.82, 2.24) is 0 Å². The van der Waals surface area contributed by atoms with Gasteiger partial charge in [-0.1, -0.05) is 333 Å². The van der Waals surface area contributed by atoms with Crippen molar-refractivity contribution >= 4 is 20.5 Å². The van der Waals surface area contributed by atoms with E-state index < -0.39 is 51.4 Å². The van der Waals surface area contributed by atoms with Gasteiger partial charge in [-0.05, 0) is 60.8 Å². The molecule has 0 unspecified atom stereocenters. The number of carboxylic acid groups (broad SMARTS) is 2. The molecule has 0 saturated carbocycles. The van der Waals surface area contributed by atoms with Crippen LogP contribution in [-0.4, -0.2) is 77.1 Å². The van der Waals surface area contributed by atoms with E-state index in [1.165, 1.54) is 231 Å². The Morgan fingerprint density at radius 3 is 0.735 bits per heavy atom. The molecular weight excluding hydrogens is 1060 g/mol. The lowest BCUT2D eigenvalue weighted by Gasteiger charge is -2.46. The minimum absolute atomic E-state index is 0.345. The molecule has 0 aliphatic heterocycles. The summed E-state index contributed by atoms with van der Waals surface area (Å²) in [6, 6.07) is 15.7. The van der Waals surface area contributed by atoms with Gasteiger partial charge in [0.2, 0.25) is 0 Å². The molecule has 2 rings (SSSR count). The van der Waals surface area contributed by atoms with Gasteiger partial charge < -0.3 is 45.3 Å². The highest BCUT2D eigenvalue weighted by Crippen LogP contribution is 2.48. The van der Waals surface area contributed by atoms with Gasteiger partial charge in [0.15, 0.2) is 0 Å². The number of carbonyl (C=O) groups is 2. The molecule has 0 aliphatic rings. The van der Waals surface area contributed by atoms with E-state index in [1.807, 2.05) is 48.5 Å². The van der Waals surface area contributed by atoms with Crippen molar-refractivity contribution in [2.24, 2.45) is 5.41 Å².